The molecule has 0 aromatic carbocycles. The molecule has 2 fully saturated rings. The minimum atomic E-state index is -0.850. The first-order valence-electron chi connectivity index (χ1n) is 6.00. The molecule has 2 nitrogen and oxygen atoms in total. The second kappa shape index (κ2) is 3.81. The van der Waals surface area contributed by atoms with E-state index in [1.54, 1.807) is 0 Å². The van der Waals surface area contributed by atoms with E-state index in [1.165, 1.54) is 19.3 Å². The van der Waals surface area contributed by atoms with Gasteiger partial charge in [-0.2, -0.15) is 0 Å². The van der Waals surface area contributed by atoms with Crippen molar-refractivity contribution in [2.24, 2.45) is 5.92 Å². The lowest BCUT2D eigenvalue weighted by atomic mass is 9.68. The van der Waals surface area contributed by atoms with Crippen LogP contribution in [0.1, 0.15) is 39.0 Å². The molecule has 15 heavy (non-hydrogen) atoms. The maximum Gasteiger partial charge on any atom is 0.131 e. The Morgan fingerprint density at radius 1 is 1.40 bits per heavy atom. The maximum atomic E-state index is 10.5. The van der Waals surface area contributed by atoms with Gasteiger partial charge in [0.2, 0.25) is 0 Å². The summed E-state index contributed by atoms with van der Waals surface area (Å²) in [7, 11) is 2.17. The van der Waals surface area contributed by atoms with E-state index in [4.69, 9.17) is 6.42 Å². The zero-order valence-corrected chi connectivity index (χ0v) is 9.74. The van der Waals surface area contributed by atoms with Crippen LogP contribution in [0.15, 0.2) is 0 Å². The molecule has 1 aliphatic heterocycles. The van der Waals surface area contributed by atoms with Gasteiger partial charge in [-0.1, -0.05) is 18.8 Å². The first-order chi connectivity index (χ1) is 7.08. The number of hydrogen-bond acceptors (Lipinski definition) is 2. The molecule has 0 amide bonds. The number of terminal acetylenes is 1. The van der Waals surface area contributed by atoms with Crippen molar-refractivity contribution in [3.05, 3.63) is 0 Å². The Bertz CT molecular complexity index is 283. The van der Waals surface area contributed by atoms with Crippen molar-refractivity contribution in [2.45, 2.75) is 56.7 Å². The number of piperidine rings is 1. The quantitative estimate of drug-likeness (QED) is 0.610. The highest BCUT2D eigenvalue weighted by Crippen LogP contribution is 2.42. The van der Waals surface area contributed by atoms with Gasteiger partial charge < -0.3 is 10.0 Å². The van der Waals surface area contributed by atoms with Gasteiger partial charge in [-0.25, -0.2) is 0 Å². The number of rotatable bonds is 0. The van der Waals surface area contributed by atoms with E-state index in [9.17, 15) is 5.11 Å². The molecule has 1 aliphatic carbocycles. The Morgan fingerprint density at radius 2 is 2.07 bits per heavy atom. The molecule has 0 bridgehead atoms. The fourth-order valence-electron chi connectivity index (χ4n) is 3.39. The van der Waals surface area contributed by atoms with Gasteiger partial charge in [0.1, 0.15) is 5.60 Å². The van der Waals surface area contributed by atoms with E-state index in [0.29, 0.717) is 12.1 Å². The molecule has 2 aliphatic rings. The van der Waals surface area contributed by atoms with Crippen molar-refractivity contribution in [2.75, 3.05) is 7.05 Å². The zero-order chi connectivity index (χ0) is 11.1. The van der Waals surface area contributed by atoms with Crippen molar-refractivity contribution in [3.8, 4) is 12.3 Å². The van der Waals surface area contributed by atoms with Crippen molar-refractivity contribution >= 4 is 0 Å². The van der Waals surface area contributed by atoms with Crippen LogP contribution in [0.5, 0.6) is 0 Å². The van der Waals surface area contributed by atoms with Crippen molar-refractivity contribution in [3.63, 3.8) is 0 Å². The van der Waals surface area contributed by atoms with Crippen molar-refractivity contribution < 1.29 is 5.11 Å². The summed E-state index contributed by atoms with van der Waals surface area (Å²) in [6.45, 7) is 2.16. The van der Waals surface area contributed by atoms with Gasteiger partial charge in [0.15, 0.2) is 0 Å². The normalized spacial score (nSPS) is 46.9. The van der Waals surface area contributed by atoms with Crippen LogP contribution in [0.2, 0.25) is 0 Å². The molecule has 0 aromatic heterocycles. The van der Waals surface area contributed by atoms with Crippen LogP contribution in [0.25, 0.3) is 0 Å². The summed E-state index contributed by atoms with van der Waals surface area (Å²) in [4.78, 5) is 2.41. The molecule has 2 heteroatoms. The number of nitrogens with zero attached hydrogens (tertiary/aromatic N) is 1. The Balaban J connectivity index is 2.27. The predicted molar refractivity (Wildman–Crippen MR) is 61.4 cm³/mol. The fraction of sp³-hybridized carbons (Fsp3) is 0.846. The third-order valence-corrected chi connectivity index (χ3v) is 4.42. The van der Waals surface area contributed by atoms with E-state index in [-0.39, 0.29) is 5.92 Å². The molecule has 1 N–H and O–H groups in total. The lowest BCUT2D eigenvalue weighted by Crippen LogP contribution is -2.60. The number of aliphatic hydroxyl groups is 1. The first-order valence-corrected chi connectivity index (χ1v) is 6.00. The molecule has 84 valence electrons. The molecular formula is C13H21NO. The Labute approximate surface area is 92.7 Å². The monoisotopic (exact) mass is 207 g/mol. The highest BCUT2D eigenvalue weighted by atomic mass is 16.3. The fourth-order valence-corrected chi connectivity index (χ4v) is 3.39. The third-order valence-electron chi connectivity index (χ3n) is 4.42. The van der Waals surface area contributed by atoms with Crippen LogP contribution in [0, 0.1) is 18.3 Å². The average Bonchev–Trinajstić information content (AvgIpc) is 2.26. The van der Waals surface area contributed by atoms with Gasteiger partial charge in [0.25, 0.3) is 0 Å². The topological polar surface area (TPSA) is 23.5 Å². The largest absolute Gasteiger partial charge is 0.377 e. The molecule has 4 unspecified atom stereocenters. The van der Waals surface area contributed by atoms with E-state index < -0.39 is 5.60 Å². The Morgan fingerprint density at radius 3 is 2.73 bits per heavy atom. The summed E-state index contributed by atoms with van der Waals surface area (Å²) in [5.74, 6) is 2.95. The Kier molecular flexibility index (Phi) is 2.79. The smallest absolute Gasteiger partial charge is 0.131 e. The second-order valence-corrected chi connectivity index (χ2v) is 5.25. The molecule has 1 saturated carbocycles. The van der Waals surface area contributed by atoms with Gasteiger partial charge in [-0.3, -0.25) is 0 Å². The maximum absolute atomic E-state index is 10.5. The van der Waals surface area contributed by atoms with Crippen LogP contribution in [0.3, 0.4) is 0 Å². The Hall–Kier alpha value is -0.520. The van der Waals surface area contributed by atoms with E-state index in [1.807, 2.05) is 0 Å². The molecule has 0 radical (unpaired) electrons. The van der Waals surface area contributed by atoms with Crippen LogP contribution in [-0.2, 0) is 0 Å². The van der Waals surface area contributed by atoms with E-state index >= 15 is 0 Å². The molecule has 0 spiro atoms. The summed E-state index contributed by atoms with van der Waals surface area (Å²) >= 11 is 0. The summed E-state index contributed by atoms with van der Waals surface area (Å²) in [5, 5.41) is 10.5. The van der Waals surface area contributed by atoms with Gasteiger partial charge in [-0.05, 0) is 26.8 Å². The van der Waals surface area contributed by atoms with Gasteiger partial charge >= 0.3 is 0 Å². The lowest BCUT2D eigenvalue weighted by Gasteiger charge is -2.52. The number of likely N-dealkylation sites (tertiary alicyclic amines) is 1. The van der Waals surface area contributed by atoms with Crippen LogP contribution in [-0.4, -0.2) is 34.7 Å². The molecule has 4 atom stereocenters. The minimum absolute atomic E-state index is 0.289. The van der Waals surface area contributed by atoms with Gasteiger partial charge in [-0.15, -0.1) is 6.42 Å². The van der Waals surface area contributed by atoms with Crippen LogP contribution >= 0.6 is 0 Å². The van der Waals surface area contributed by atoms with Gasteiger partial charge in [0.05, 0.1) is 0 Å². The minimum Gasteiger partial charge on any atom is -0.377 e. The van der Waals surface area contributed by atoms with Crippen LogP contribution < -0.4 is 0 Å². The van der Waals surface area contributed by atoms with E-state index in [2.05, 4.69) is 24.8 Å². The SMILES string of the molecule is C#CC1(O)CC(C)N(C)C2CCCCC21. The van der Waals surface area contributed by atoms with Crippen LogP contribution in [0.4, 0.5) is 0 Å². The summed E-state index contributed by atoms with van der Waals surface area (Å²) in [6, 6.07) is 0.883. The van der Waals surface area contributed by atoms with Gasteiger partial charge in [0, 0.05) is 24.4 Å². The summed E-state index contributed by atoms with van der Waals surface area (Å²) in [5.41, 5.74) is -0.850. The summed E-state index contributed by atoms with van der Waals surface area (Å²) < 4.78 is 0. The molecule has 1 heterocycles. The highest BCUT2D eigenvalue weighted by molar-refractivity contribution is 5.17. The molecule has 0 aromatic rings. The highest BCUT2D eigenvalue weighted by Gasteiger charge is 2.48. The van der Waals surface area contributed by atoms with Crippen molar-refractivity contribution in [1.29, 1.82) is 0 Å². The van der Waals surface area contributed by atoms with E-state index in [0.717, 1.165) is 12.8 Å². The summed E-state index contributed by atoms with van der Waals surface area (Å²) in [6.07, 6.45) is 11.0. The second-order valence-electron chi connectivity index (χ2n) is 5.25. The molecule has 2 rings (SSSR count). The lowest BCUT2D eigenvalue weighted by molar-refractivity contribution is -0.0913. The molecular weight excluding hydrogens is 186 g/mol. The third kappa shape index (κ3) is 1.68. The molecule has 1 saturated heterocycles. The predicted octanol–water partition coefficient (Wildman–Crippen LogP) is 1.63. The number of fused-ring (bicyclic) bond motifs is 1. The first kappa shape index (κ1) is 11.0. The van der Waals surface area contributed by atoms with Crippen molar-refractivity contribution in [1.82, 2.24) is 4.90 Å². The standard InChI is InChI=1S/C13H21NO/c1-4-13(15)9-10(2)14(3)12-8-6-5-7-11(12)13/h1,10-12,15H,5-9H2,2-3H3. The average molecular weight is 207 g/mol. The number of hydrogen-bond donors (Lipinski definition) is 1. The zero-order valence-electron chi connectivity index (χ0n) is 9.74.